The Morgan fingerprint density at radius 1 is 1.36 bits per heavy atom. The number of fused-ring (bicyclic) bond motifs is 2. The van der Waals surface area contributed by atoms with Crippen molar-refractivity contribution in [1.82, 2.24) is 19.9 Å². The fraction of sp³-hybridized carbons (Fsp3) is 0.500. The number of carbonyl (C=O) groups excluding carboxylic acids is 1. The monoisotopic (exact) mass is 342 g/mol. The summed E-state index contributed by atoms with van der Waals surface area (Å²) in [7, 11) is 0. The summed E-state index contributed by atoms with van der Waals surface area (Å²) in [6, 6.07) is 8.36. The van der Waals surface area contributed by atoms with Crippen molar-refractivity contribution in [3.63, 3.8) is 0 Å². The Kier molecular flexibility index (Phi) is 4.05. The van der Waals surface area contributed by atoms with E-state index in [1.807, 2.05) is 11.0 Å². The third-order valence-corrected chi connectivity index (χ3v) is 5.22. The van der Waals surface area contributed by atoms with Gasteiger partial charge in [0, 0.05) is 13.1 Å². The number of carbonyl (C=O) groups is 1. The van der Waals surface area contributed by atoms with E-state index in [4.69, 9.17) is 4.74 Å². The van der Waals surface area contributed by atoms with Gasteiger partial charge in [0.05, 0.1) is 24.5 Å². The molecule has 1 saturated heterocycles. The van der Waals surface area contributed by atoms with Crippen molar-refractivity contribution in [3.8, 4) is 0 Å². The molecule has 1 unspecified atom stereocenters. The molecule has 1 atom stereocenters. The van der Waals surface area contributed by atoms with Gasteiger partial charge in [-0.2, -0.15) is 0 Å². The fourth-order valence-corrected chi connectivity index (χ4v) is 3.74. The van der Waals surface area contributed by atoms with Gasteiger partial charge in [0.25, 0.3) is 0 Å². The zero-order valence-electron chi connectivity index (χ0n) is 14.3. The van der Waals surface area contributed by atoms with Crippen molar-refractivity contribution in [2.75, 3.05) is 13.1 Å². The first-order chi connectivity index (χ1) is 12.1. The van der Waals surface area contributed by atoms with Crippen molar-refractivity contribution in [3.05, 3.63) is 47.3 Å². The first kappa shape index (κ1) is 16.2. The Morgan fingerprint density at radius 3 is 2.84 bits per heavy atom. The summed E-state index contributed by atoms with van der Waals surface area (Å²) in [6.45, 7) is 3.77. The lowest BCUT2D eigenvalue weighted by atomic mass is 9.84. The van der Waals surface area contributed by atoms with Crippen LogP contribution in [0.4, 0.5) is 0 Å². The Balaban J connectivity index is 1.39. The molecule has 1 aromatic heterocycles. The van der Waals surface area contributed by atoms with Crippen LogP contribution in [-0.4, -0.2) is 44.0 Å². The quantitative estimate of drug-likeness (QED) is 0.911. The number of rotatable bonds is 3. The van der Waals surface area contributed by atoms with Crippen LogP contribution in [0.1, 0.15) is 42.7 Å². The minimum absolute atomic E-state index is 0.0168. The predicted octanol–water partition coefficient (Wildman–Crippen LogP) is 1.38. The van der Waals surface area contributed by atoms with Gasteiger partial charge in [-0.05, 0) is 30.9 Å². The molecule has 2 aliphatic rings. The molecule has 4 rings (SSSR count). The molecule has 1 spiro atoms. The van der Waals surface area contributed by atoms with Crippen molar-refractivity contribution in [1.29, 1.82) is 0 Å². The van der Waals surface area contributed by atoms with E-state index in [0.29, 0.717) is 25.4 Å². The van der Waals surface area contributed by atoms with Gasteiger partial charge in [-0.1, -0.05) is 29.5 Å². The third-order valence-electron chi connectivity index (χ3n) is 5.22. The largest absolute Gasteiger partial charge is 0.387 e. The lowest BCUT2D eigenvalue weighted by Crippen LogP contribution is -2.46. The number of aliphatic hydroxyl groups is 1. The highest BCUT2D eigenvalue weighted by molar-refractivity contribution is 5.76. The van der Waals surface area contributed by atoms with Gasteiger partial charge in [0.1, 0.15) is 12.2 Å². The molecule has 0 saturated carbocycles. The van der Waals surface area contributed by atoms with Crippen LogP contribution in [0.3, 0.4) is 0 Å². The van der Waals surface area contributed by atoms with Gasteiger partial charge in [0.2, 0.25) is 5.91 Å². The molecule has 25 heavy (non-hydrogen) atoms. The molecule has 0 bridgehead atoms. The molecular weight excluding hydrogens is 320 g/mol. The van der Waals surface area contributed by atoms with Gasteiger partial charge in [-0.15, -0.1) is 5.10 Å². The van der Waals surface area contributed by atoms with E-state index in [2.05, 4.69) is 28.5 Å². The summed E-state index contributed by atoms with van der Waals surface area (Å²) in [5, 5.41) is 17.3. The molecule has 1 aromatic carbocycles. The Bertz CT molecular complexity index is 778. The van der Waals surface area contributed by atoms with Crippen LogP contribution in [0.25, 0.3) is 0 Å². The Labute approximate surface area is 146 Å². The van der Waals surface area contributed by atoms with Gasteiger partial charge in [-0.25, -0.2) is 4.68 Å². The van der Waals surface area contributed by atoms with E-state index in [1.54, 1.807) is 13.1 Å². The molecule has 3 heterocycles. The highest BCUT2D eigenvalue weighted by atomic mass is 16.5. The van der Waals surface area contributed by atoms with Gasteiger partial charge in [-0.3, -0.25) is 4.79 Å². The fourth-order valence-electron chi connectivity index (χ4n) is 3.74. The lowest BCUT2D eigenvalue weighted by Gasteiger charge is -2.39. The third kappa shape index (κ3) is 2.94. The molecule has 1 amide bonds. The van der Waals surface area contributed by atoms with E-state index in [9.17, 15) is 9.90 Å². The van der Waals surface area contributed by atoms with Gasteiger partial charge in [0.15, 0.2) is 0 Å². The molecule has 0 aliphatic carbocycles. The molecule has 2 aliphatic heterocycles. The van der Waals surface area contributed by atoms with Gasteiger partial charge < -0.3 is 14.7 Å². The van der Waals surface area contributed by atoms with Crippen molar-refractivity contribution in [2.24, 2.45) is 0 Å². The summed E-state index contributed by atoms with van der Waals surface area (Å²) in [5.74, 6) is 0.0168. The van der Waals surface area contributed by atoms with Crippen molar-refractivity contribution < 1.29 is 14.6 Å². The minimum Gasteiger partial charge on any atom is -0.387 e. The molecule has 132 valence electrons. The number of hydrogen-bond donors (Lipinski definition) is 1. The highest BCUT2D eigenvalue weighted by Gasteiger charge is 2.43. The van der Waals surface area contributed by atoms with Crippen molar-refractivity contribution >= 4 is 5.91 Å². The van der Waals surface area contributed by atoms with Crippen molar-refractivity contribution in [2.45, 2.75) is 44.6 Å². The number of likely N-dealkylation sites (tertiary alicyclic amines) is 1. The molecule has 7 heteroatoms. The summed E-state index contributed by atoms with van der Waals surface area (Å²) >= 11 is 0. The maximum absolute atomic E-state index is 12.5. The summed E-state index contributed by atoms with van der Waals surface area (Å²) < 4.78 is 7.62. The maximum Gasteiger partial charge on any atom is 0.244 e. The van der Waals surface area contributed by atoms with Crippen LogP contribution < -0.4 is 0 Å². The SMILES string of the molecule is CC(O)c1cn(CC(=O)N2CCC3(CC2)OCc2ccccc23)nn1. The first-order valence-electron chi connectivity index (χ1n) is 8.66. The average Bonchev–Trinajstić information content (AvgIpc) is 3.22. The molecule has 0 radical (unpaired) electrons. The summed E-state index contributed by atoms with van der Waals surface area (Å²) in [4.78, 5) is 14.4. The predicted molar refractivity (Wildman–Crippen MR) is 89.4 cm³/mol. The van der Waals surface area contributed by atoms with Crippen LogP contribution in [0, 0.1) is 0 Å². The van der Waals surface area contributed by atoms with E-state index < -0.39 is 6.10 Å². The Morgan fingerprint density at radius 2 is 2.12 bits per heavy atom. The van der Waals surface area contributed by atoms with Crippen LogP contribution in [0.5, 0.6) is 0 Å². The minimum atomic E-state index is -0.682. The van der Waals surface area contributed by atoms with E-state index >= 15 is 0 Å². The van der Waals surface area contributed by atoms with E-state index in [-0.39, 0.29) is 18.1 Å². The topological polar surface area (TPSA) is 80.5 Å². The molecule has 2 aromatic rings. The van der Waals surface area contributed by atoms with Crippen LogP contribution in [-0.2, 0) is 28.3 Å². The highest BCUT2D eigenvalue weighted by Crippen LogP contribution is 2.43. The van der Waals surface area contributed by atoms with Crippen LogP contribution >= 0.6 is 0 Å². The Hall–Kier alpha value is -2.25. The smallest absolute Gasteiger partial charge is 0.244 e. The number of nitrogens with zero attached hydrogens (tertiary/aromatic N) is 4. The average molecular weight is 342 g/mol. The standard InChI is InChI=1S/C18H22N4O3/c1-13(23)16-10-22(20-19-16)11-17(24)21-8-6-18(7-9-21)15-5-3-2-4-14(15)12-25-18/h2-5,10,13,23H,6-9,11-12H2,1H3. The summed E-state index contributed by atoms with van der Waals surface area (Å²) in [6.07, 6.45) is 2.56. The first-order valence-corrected chi connectivity index (χ1v) is 8.66. The second-order valence-electron chi connectivity index (χ2n) is 6.84. The molecular formula is C18H22N4O3. The van der Waals surface area contributed by atoms with Crippen LogP contribution in [0.2, 0.25) is 0 Å². The molecule has 1 N–H and O–H groups in total. The second kappa shape index (κ2) is 6.24. The summed E-state index contributed by atoms with van der Waals surface area (Å²) in [5.41, 5.74) is 2.77. The number of aliphatic hydroxyl groups excluding tert-OH is 1. The normalized spacial score (nSPS) is 19.8. The zero-order chi connectivity index (χ0) is 17.4. The lowest BCUT2D eigenvalue weighted by molar-refractivity contribution is -0.139. The number of aromatic nitrogens is 3. The number of piperidine rings is 1. The number of benzene rings is 1. The molecule has 7 nitrogen and oxygen atoms in total. The van der Waals surface area contributed by atoms with Crippen LogP contribution in [0.15, 0.2) is 30.5 Å². The van der Waals surface area contributed by atoms with E-state index in [0.717, 1.165) is 12.8 Å². The van der Waals surface area contributed by atoms with Gasteiger partial charge >= 0.3 is 0 Å². The van der Waals surface area contributed by atoms with E-state index in [1.165, 1.54) is 15.8 Å². The second-order valence-corrected chi connectivity index (χ2v) is 6.84. The molecule has 1 fully saturated rings. The maximum atomic E-state index is 12.5. The number of hydrogen-bond acceptors (Lipinski definition) is 5. The number of ether oxygens (including phenoxy) is 1. The number of amides is 1. The zero-order valence-corrected chi connectivity index (χ0v) is 14.3.